The molecule has 4 heteroatoms. The van der Waals surface area contributed by atoms with E-state index < -0.39 is 0 Å². The van der Waals surface area contributed by atoms with Crippen molar-refractivity contribution in [2.75, 3.05) is 19.0 Å². The Bertz CT molecular complexity index is 584. The molecule has 0 saturated carbocycles. The van der Waals surface area contributed by atoms with Crippen LogP contribution in [0, 0.1) is 12.7 Å². The Hall–Kier alpha value is -1.94. The summed E-state index contributed by atoms with van der Waals surface area (Å²) in [5, 5.41) is 3.14. The molecule has 0 atom stereocenters. The summed E-state index contributed by atoms with van der Waals surface area (Å²) in [4.78, 5) is 6.57. The number of anilines is 1. The molecule has 106 valence electrons. The van der Waals surface area contributed by atoms with E-state index in [1.54, 1.807) is 12.1 Å². The monoisotopic (exact) mass is 273 g/mol. The van der Waals surface area contributed by atoms with E-state index in [0.717, 1.165) is 23.6 Å². The van der Waals surface area contributed by atoms with Gasteiger partial charge in [-0.15, -0.1) is 0 Å². The van der Waals surface area contributed by atoms with Crippen LogP contribution in [0.4, 0.5) is 10.2 Å². The molecular weight excluding hydrogens is 253 g/mol. The minimum Gasteiger partial charge on any atom is -0.355 e. The van der Waals surface area contributed by atoms with Crippen LogP contribution < -0.4 is 10.2 Å². The summed E-state index contributed by atoms with van der Waals surface area (Å²) in [5.74, 6) is 0.698. The first-order chi connectivity index (χ1) is 9.58. The molecule has 2 aromatic rings. The van der Waals surface area contributed by atoms with Crippen LogP contribution in [0.1, 0.15) is 16.8 Å². The first-order valence-electron chi connectivity index (χ1n) is 6.66. The zero-order valence-corrected chi connectivity index (χ0v) is 12.2. The molecule has 20 heavy (non-hydrogen) atoms. The van der Waals surface area contributed by atoms with Gasteiger partial charge >= 0.3 is 0 Å². The highest BCUT2D eigenvalue weighted by molar-refractivity contribution is 5.42. The third-order valence-corrected chi connectivity index (χ3v) is 3.08. The van der Waals surface area contributed by atoms with Crippen molar-refractivity contribution in [2.45, 2.75) is 20.0 Å². The highest BCUT2D eigenvalue weighted by Crippen LogP contribution is 2.16. The highest BCUT2D eigenvalue weighted by atomic mass is 19.1. The molecule has 0 fully saturated rings. The van der Waals surface area contributed by atoms with Gasteiger partial charge in [0.2, 0.25) is 0 Å². The van der Waals surface area contributed by atoms with Crippen LogP contribution in [0.3, 0.4) is 0 Å². The highest BCUT2D eigenvalue weighted by Gasteiger charge is 2.07. The Labute approximate surface area is 119 Å². The number of halogens is 1. The number of nitrogens with one attached hydrogen (secondary N) is 1. The Morgan fingerprint density at radius 1 is 1.20 bits per heavy atom. The van der Waals surface area contributed by atoms with E-state index in [1.165, 1.54) is 11.6 Å². The molecule has 0 saturated heterocycles. The standard InChI is InChI=1S/C16H20FN3/c1-12-7-14(10-18-2)9-16(19-12)20(3)11-13-5-4-6-15(17)8-13/h4-9,18H,10-11H2,1-3H3. The molecule has 2 rings (SSSR count). The lowest BCUT2D eigenvalue weighted by Crippen LogP contribution is -2.19. The van der Waals surface area contributed by atoms with Crippen molar-refractivity contribution in [3.8, 4) is 0 Å². The lowest BCUT2D eigenvalue weighted by molar-refractivity contribution is 0.625. The van der Waals surface area contributed by atoms with Gasteiger partial charge in [0, 0.05) is 25.8 Å². The lowest BCUT2D eigenvalue weighted by Gasteiger charge is -2.19. The smallest absolute Gasteiger partial charge is 0.129 e. The summed E-state index contributed by atoms with van der Waals surface area (Å²) in [6.45, 7) is 3.43. The second kappa shape index (κ2) is 6.48. The molecule has 1 aromatic heterocycles. The van der Waals surface area contributed by atoms with Crippen molar-refractivity contribution in [3.63, 3.8) is 0 Å². The van der Waals surface area contributed by atoms with Crippen molar-refractivity contribution in [3.05, 3.63) is 59.0 Å². The van der Waals surface area contributed by atoms with Gasteiger partial charge in [-0.3, -0.25) is 0 Å². The molecule has 0 amide bonds. The largest absolute Gasteiger partial charge is 0.355 e. The van der Waals surface area contributed by atoms with Crippen LogP contribution >= 0.6 is 0 Å². The molecule has 0 aliphatic rings. The second-order valence-electron chi connectivity index (χ2n) is 4.99. The predicted octanol–water partition coefficient (Wildman–Crippen LogP) is 2.88. The average molecular weight is 273 g/mol. The fourth-order valence-electron chi connectivity index (χ4n) is 2.21. The van der Waals surface area contributed by atoms with Gasteiger partial charge in [0.25, 0.3) is 0 Å². The third-order valence-electron chi connectivity index (χ3n) is 3.08. The Morgan fingerprint density at radius 2 is 2.00 bits per heavy atom. The number of hydrogen-bond donors (Lipinski definition) is 1. The zero-order valence-electron chi connectivity index (χ0n) is 12.2. The van der Waals surface area contributed by atoms with Crippen molar-refractivity contribution >= 4 is 5.82 Å². The molecule has 0 bridgehead atoms. The Kier molecular flexibility index (Phi) is 4.69. The van der Waals surface area contributed by atoms with Gasteiger partial charge in [0.05, 0.1) is 0 Å². The van der Waals surface area contributed by atoms with Crippen LogP contribution in [0.2, 0.25) is 0 Å². The normalized spacial score (nSPS) is 10.6. The second-order valence-corrected chi connectivity index (χ2v) is 4.99. The molecule has 0 spiro atoms. The number of nitrogens with zero attached hydrogens (tertiary/aromatic N) is 2. The lowest BCUT2D eigenvalue weighted by atomic mass is 10.2. The van der Waals surface area contributed by atoms with Crippen molar-refractivity contribution in [1.82, 2.24) is 10.3 Å². The summed E-state index contributed by atoms with van der Waals surface area (Å²) < 4.78 is 13.2. The van der Waals surface area contributed by atoms with Crippen molar-refractivity contribution in [1.29, 1.82) is 0 Å². The van der Waals surface area contributed by atoms with Crippen LogP contribution in [0.25, 0.3) is 0 Å². The summed E-state index contributed by atoms with van der Waals surface area (Å²) >= 11 is 0. The maximum absolute atomic E-state index is 13.2. The van der Waals surface area contributed by atoms with E-state index in [-0.39, 0.29) is 5.82 Å². The van der Waals surface area contributed by atoms with Gasteiger partial charge in [0.15, 0.2) is 0 Å². The first kappa shape index (κ1) is 14.5. The maximum Gasteiger partial charge on any atom is 0.129 e. The first-order valence-corrected chi connectivity index (χ1v) is 6.66. The van der Waals surface area contributed by atoms with Gasteiger partial charge in [-0.1, -0.05) is 12.1 Å². The Balaban J connectivity index is 2.18. The van der Waals surface area contributed by atoms with E-state index in [4.69, 9.17) is 0 Å². The number of aryl methyl sites for hydroxylation is 1. The number of rotatable bonds is 5. The van der Waals surface area contributed by atoms with Gasteiger partial charge in [-0.05, 0) is 49.4 Å². The van der Waals surface area contributed by atoms with Crippen molar-refractivity contribution < 1.29 is 4.39 Å². The summed E-state index contributed by atoms with van der Waals surface area (Å²) in [6.07, 6.45) is 0. The van der Waals surface area contributed by atoms with E-state index in [9.17, 15) is 4.39 Å². The molecule has 0 aliphatic carbocycles. The number of benzene rings is 1. The molecular formula is C16H20FN3. The summed E-state index contributed by atoms with van der Waals surface area (Å²) in [6, 6.07) is 10.8. The fraction of sp³-hybridized carbons (Fsp3) is 0.312. The molecule has 1 N–H and O–H groups in total. The minimum atomic E-state index is -0.205. The van der Waals surface area contributed by atoms with Gasteiger partial charge < -0.3 is 10.2 Å². The van der Waals surface area contributed by atoms with Crippen LogP contribution in [-0.4, -0.2) is 19.1 Å². The van der Waals surface area contributed by atoms with E-state index in [1.807, 2.05) is 32.0 Å². The molecule has 0 unspecified atom stereocenters. The van der Waals surface area contributed by atoms with Crippen LogP contribution in [0.15, 0.2) is 36.4 Å². The molecule has 1 aromatic carbocycles. The van der Waals surface area contributed by atoms with E-state index in [2.05, 4.69) is 22.4 Å². The van der Waals surface area contributed by atoms with Gasteiger partial charge in [-0.2, -0.15) is 0 Å². The minimum absolute atomic E-state index is 0.205. The quantitative estimate of drug-likeness (QED) is 0.908. The predicted molar refractivity (Wildman–Crippen MR) is 80.2 cm³/mol. The molecule has 1 heterocycles. The fourth-order valence-corrected chi connectivity index (χ4v) is 2.21. The summed E-state index contributed by atoms with van der Waals surface area (Å²) in [5.41, 5.74) is 3.12. The number of aromatic nitrogens is 1. The zero-order chi connectivity index (χ0) is 14.5. The molecule has 0 aliphatic heterocycles. The van der Waals surface area contributed by atoms with Gasteiger partial charge in [0.1, 0.15) is 11.6 Å². The van der Waals surface area contributed by atoms with E-state index in [0.29, 0.717) is 6.54 Å². The Morgan fingerprint density at radius 3 is 2.70 bits per heavy atom. The SMILES string of the molecule is CNCc1cc(C)nc(N(C)Cc2cccc(F)c2)c1. The number of pyridine rings is 1. The van der Waals surface area contributed by atoms with E-state index >= 15 is 0 Å². The van der Waals surface area contributed by atoms with Crippen LogP contribution in [0.5, 0.6) is 0 Å². The summed E-state index contributed by atoms with van der Waals surface area (Å²) in [7, 11) is 3.89. The maximum atomic E-state index is 13.2. The molecule has 3 nitrogen and oxygen atoms in total. The topological polar surface area (TPSA) is 28.2 Å². The molecule has 0 radical (unpaired) electrons. The third kappa shape index (κ3) is 3.78. The average Bonchev–Trinajstić information content (AvgIpc) is 2.38. The van der Waals surface area contributed by atoms with Gasteiger partial charge in [-0.25, -0.2) is 9.37 Å². The number of hydrogen-bond acceptors (Lipinski definition) is 3. The van der Waals surface area contributed by atoms with Crippen molar-refractivity contribution in [2.24, 2.45) is 0 Å². The van der Waals surface area contributed by atoms with Crippen LogP contribution in [-0.2, 0) is 13.1 Å².